The Hall–Kier alpha value is -7.88. The van der Waals surface area contributed by atoms with Crippen molar-refractivity contribution < 1.29 is 26.3 Å². The first-order valence-electron chi connectivity index (χ1n) is 12.6. The Labute approximate surface area is 266 Å². The summed E-state index contributed by atoms with van der Waals surface area (Å²) in [7, 11) is 0. The molecule has 0 unspecified atom stereocenters. The molecule has 0 spiro atoms. The van der Waals surface area contributed by atoms with Gasteiger partial charge in [0, 0.05) is 27.8 Å². The van der Waals surface area contributed by atoms with Gasteiger partial charge in [0.05, 0.1) is 44.0 Å². The van der Waals surface area contributed by atoms with Crippen LogP contribution < -0.4 is 0 Å². The van der Waals surface area contributed by atoms with E-state index in [1.54, 1.807) is 6.07 Å². The maximum absolute atomic E-state index is 17.0. The molecule has 0 heterocycles. The summed E-state index contributed by atoms with van der Waals surface area (Å²) in [4.78, 5) is 11.9. The van der Waals surface area contributed by atoms with Crippen LogP contribution in [0.1, 0.15) is 38.9 Å². The van der Waals surface area contributed by atoms with E-state index in [-0.39, 0.29) is 0 Å². The molecule has 0 saturated carbocycles. The van der Waals surface area contributed by atoms with Crippen molar-refractivity contribution in [1.82, 2.24) is 0 Å². The molecule has 2 aliphatic rings. The van der Waals surface area contributed by atoms with E-state index in [1.165, 1.54) is 18.2 Å². The third kappa shape index (κ3) is 4.18. The zero-order valence-corrected chi connectivity index (χ0v) is 23.2. The summed E-state index contributed by atoms with van der Waals surface area (Å²) >= 11 is 0. The maximum Gasteiger partial charge on any atom is 0.270 e. The highest BCUT2D eigenvalue weighted by Gasteiger charge is 2.44. The summed E-state index contributed by atoms with van der Waals surface area (Å²) < 4.78 is 93.0. The number of fused-ring (bicyclic) bond motifs is 2. The molecule has 0 radical (unpaired) electrons. The summed E-state index contributed by atoms with van der Waals surface area (Å²) in [5.74, 6) is -8.99. The van der Waals surface area contributed by atoms with Crippen molar-refractivity contribution in [2.24, 2.45) is 0 Å². The van der Waals surface area contributed by atoms with E-state index in [9.17, 15) is 33.3 Å². The second-order valence-electron chi connectivity index (χ2n) is 9.55. The molecule has 0 aliphatic heterocycles. The van der Waals surface area contributed by atoms with Crippen molar-refractivity contribution in [3.05, 3.63) is 155 Å². The Morgan fingerprint density at radius 2 is 1.02 bits per heavy atom. The monoisotopic (exact) mass is 638 g/mol. The predicted molar refractivity (Wildman–Crippen MR) is 154 cm³/mol. The van der Waals surface area contributed by atoms with E-state index in [4.69, 9.17) is 31.6 Å². The molecule has 3 aromatic carbocycles. The molecule has 0 bridgehead atoms. The number of allylic oxidation sites excluding steroid dienone is 7. The van der Waals surface area contributed by atoms with E-state index in [1.807, 2.05) is 0 Å². The quantitative estimate of drug-likeness (QED) is 0.159. The van der Waals surface area contributed by atoms with Crippen LogP contribution in [0.25, 0.3) is 52.9 Å². The molecule has 48 heavy (non-hydrogen) atoms. The molecule has 0 saturated heterocycles. The first kappa shape index (κ1) is 31.5. The van der Waals surface area contributed by atoms with Crippen LogP contribution in [-0.2, 0) is 0 Å². The molecule has 14 heteroatoms. The van der Waals surface area contributed by atoms with Gasteiger partial charge in [-0.3, -0.25) is 0 Å². The minimum Gasteiger partial charge on any atom is -0.237 e. The topological polar surface area (TPSA) is 113 Å². The van der Waals surface area contributed by atoms with Crippen LogP contribution in [0.15, 0.2) is 35.7 Å². The first-order chi connectivity index (χ1) is 23.0. The van der Waals surface area contributed by atoms with Gasteiger partial charge in [-0.1, -0.05) is 0 Å². The average Bonchev–Trinajstić information content (AvgIpc) is 3.59. The fourth-order valence-electron chi connectivity index (χ4n) is 5.54. The van der Waals surface area contributed by atoms with Crippen LogP contribution in [0, 0.1) is 107 Å². The van der Waals surface area contributed by atoms with E-state index in [2.05, 4.69) is 19.4 Å². The SMILES string of the molecule is [C-]#[N+]C1=C(c2cc(F)c([N+]#[C-])c(F)c2)/C(=C(/C#N)[N+]#[C-])c2c(F)c3c(c(F)c21)/C(=C(/C#N)[N+]#[C-])C(c1cc(F)c(C#N)c(F)c1)=C3C#N. The maximum atomic E-state index is 17.0. The normalized spacial score (nSPS) is 14.6. The van der Waals surface area contributed by atoms with Crippen LogP contribution >= 0.6 is 0 Å². The van der Waals surface area contributed by atoms with Crippen LogP contribution in [-0.4, -0.2) is 0 Å². The molecule has 222 valence electrons. The lowest BCUT2D eigenvalue weighted by atomic mass is 9.90. The molecule has 0 fully saturated rings. The minimum absolute atomic E-state index is 0.541. The summed E-state index contributed by atoms with van der Waals surface area (Å²) in [5.41, 5.74) is -13.9. The summed E-state index contributed by atoms with van der Waals surface area (Å²) in [6, 6.07) is 7.95. The second kappa shape index (κ2) is 11.6. The van der Waals surface area contributed by atoms with Crippen molar-refractivity contribution in [2.45, 2.75) is 0 Å². The Morgan fingerprint density at radius 3 is 1.46 bits per heavy atom. The van der Waals surface area contributed by atoms with Crippen LogP contribution in [0.5, 0.6) is 0 Å². The molecule has 3 aromatic rings. The minimum atomic E-state index is -1.59. The highest BCUT2D eigenvalue weighted by molar-refractivity contribution is 6.29. The Bertz CT molecular complexity index is 2340. The number of halogens is 6. The van der Waals surface area contributed by atoms with Gasteiger partial charge in [0.15, 0.2) is 0 Å². The lowest BCUT2D eigenvalue weighted by Gasteiger charge is -2.15. The zero-order valence-electron chi connectivity index (χ0n) is 23.2. The number of benzene rings is 3. The van der Waals surface area contributed by atoms with Gasteiger partial charge in [0.2, 0.25) is 5.70 Å². The summed E-state index contributed by atoms with van der Waals surface area (Å²) in [6.45, 7) is 29.8. The molecular formula is C34H4F6N8. The Balaban J connectivity index is 2.04. The fraction of sp³-hybridized carbons (Fsp3) is 0. The van der Waals surface area contributed by atoms with E-state index in [0.29, 0.717) is 24.3 Å². The number of hydrogen-bond donors (Lipinski definition) is 0. The van der Waals surface area contributed by atoms with Crippen molar-refractivity contribution in [3.63, 3.8) is 0 Å². The third-order valence-electron chi connectivity index (χ3n) is 7.34. The predicted octanol–water partition coefficient (Wildman–Crippen LogP) is 8.50. The average molecular weight is 638 g/mol. The molecule has 0 N–H and O–H groups in total. The van der Waals surface area contributed by atoms with Crippen molar-refractivity contribution in [1.29, 1.82) is 21.0 Å². The largest absolute Gasteiger partial charge is 0.270 e. The third-order valence-corrected chi connectivity index (χ3v) is 7.34. The fourth-order valence-corrected chi connectivity index (χ4v) is 5.54. The van der Waals surface area contributed by atoms with Crippen LogP contribution in [0.4, 0.5) is 32.0 Å². The van der Waals surface area contributed by atoms with Gasteiger partial charge in [0.25, 0.3) is 17.1 Å². The van der Waals surface area contributed by atoms with Gasteiger partial charge in [0.1, 0.15) is 52.6 Å². The van der Waals surface area contributed by atoms with E-state index in [0.717, 1.165) is 0 Å². The van der Waals surface area contributed by atoms with Gasteiger partial charge < -0.3 is 0 Å². The molecule has 5 rings (SSSR count). The van der Waals surface area contributed by atoms with Crippen molar-refractivity contribution in [2.75, 3.05) is 0 Å². The molecule has 0 amide bonds. The van der Waals surface area contributed by atoms with Crippen LogP contribution in [0.3, 0.4) is 0 Å². The standard InChI is InChI=1S/C34H4F6N8/c1-45-21(11-43)26-23(13-5-17(35)15(9-41)18(36)6-13)16(10-42)25-28(26)32(40)30-29(31(25)39)27(22(12-44)46-2)24(34(30)48-4)14-7-19(37)33(47-3)20(38)8-14/h5-8H/b26-21-,27-22+. The molecule has 0 atom stereocenters. The highest BCUT2D eigenvalue weighted by atomic mass is 19.2. The first-order valence-corrected chi connectivity index (χ1v) is 12.6. The van der Waals surface area contributed by atoms with E-state index >= 15 is 8.78 Å². The van der Waals surface area contributed by atoms with Gasteiger partial charge >= 0.3 is 0 Å². The summed E-state index contributed by atoms with van der Waals surface area (Å²) in [6.07, 6.45) is 0. The number of rotatable bonds is 2. The lowest BCUT2D eigenvalue weighted by molar-refractivity contribution is 0.576. The Kier molecular flexibility index (Phi) is 7.60. The number of nitriles is 4. The number of nitrogens with zero attached hydrogens (tertiary/aromatic N) is 8. The van der Waals surface area contributed by atoms with E-state index < -0.39 is 124 Å². The Morgan fingerprint density at radius 1 is 0.562 bits per heavy atom. The number of hydrogen-bond acceptors (Lipinski definition) is 4. The zero-order chi connectivity index (χ0) is 35.2. The van der Waals surface area contributed by atoms with Gasteiger partial charge in [-0.15, -0.1) is 0 Å². The molecule has 2 aliphatic carbocycles. The molecular weight excluding hydrogens is 634 g/mol. The lowest BCUT2D eigenvalue weighted by Crippen LogP contribution is -2.05. The highest BCUT2D eigenvalue weighted by Crippen LogP contribution is 2.58. The van der Waals surface area contributed by atoms with Gasteiger partial charge in [-0.2, -0.15) is 10.5 Å². The molecule has 8 nitrogen and oxygen atoms in total. The van der Waals surface area contributed by atoms with Crippen molar-refractivity contribution >= 4 is 39.2 Å². The van der Waals surface area contributed by atoms with Crippen molar-refractivity contribution in [3.8, 4) is 24.3 Å². The second-order valence-corrected chi connectivity index (χ2v) is 9.55. The molecule has 0 aromatic heterocycles. The van der Waals surface area contributed by atoms with Gasteiger partial charge in [-0.25, -0.2) is 56.2 Å². The smallest absolute Gasteiger partial charge is 0.237 e. The summed E-state index contributed by atoms with van der Waals surface area (Å²) in [5, 5.41) is 38.8. The van der Waals surface area contributed by atoms with Gasteiger partial charge in [-0.05, 0) is 52.1 Å². The van der Waals surface area contributed by atoms with Crippen LogP contribution in [0.2, 0.25) is 0 Å².